The van der Waals surface area contributed by atoms with E-state index in [9.17, 15) is 5.11 Å². The molecule has 0 saturated carbocycles. The lowest BCUT2D eigenvalue weighted by Gasteiger charge is -2.37. The lowest BCUT2D eigenvalue weighted by atomic mass is 9.84. The van der Waals surface area contributed by atoms with Gasteiger partial charge in [-0.25, -0.2) is 0 Å². The molecule has 1 aliphatic heterocycles. The highest BCUT2D eigenvalue weighted by Crippen LogP contribution is 2.30. The summed E-state index contributed by atoms with van der Waals surface area (Å²) in [6, 6.07) is 0. The molecule has 0 aromatic rings. The maximum atomic E-state index is 10.4. The third-order valence-corrected chi connectivity index (χ3v) is 3.52. The van der Waals surface area contributed by atoms with Gasteiger partial charge in [0.1, 0.15) is 0 Å². The van der Waals surface area contributed by atoms with E-state index >= 15 is 0 Å². The summed E-state index contributed by atoms with van der Waals surface area (Å²) < 4.78 is 0. The van der Waals surface area contributed by atoms with Gasteiger partial charge in [0.2, 0.25) is 0 Å². The Labute approximate surface area is 92.3 Å². The van der Waals surface area contributed by atoms with Crippen LogP contribution >= 0.6 is 0 Å². The molecule has 0 unspecified atom stereocenters. The van der Waals surface area contributed by atoms with Crippen LogP contribution in [0.15, 0.2) is 23.8 Å². The molecule has 84 valence electrons. The van der Waals surface area contributed by atoms with Gasteiger partial charge < -0.3 is 10.0 Å². The number of allylic oxidation sites excluding steroid dienone is 3. The fraction of sp³-hybridized carbons (Fsp3) is 0.692. The second kappa shape index (κ2) is 4.50. The van der Waals surface area contributed by atoms with Crippen LogP contribution < -0.4 is 0 Å². The van der Waals surface area contributed by atoms with E-state index in [1.165, 1.54) is 5.57 Å². The van der Waals surface area contributed by atoms with Gasteiger partial charge in [-0.1, -0.05) is 18.2 Å². The quantitative estimate of drug-likeness (QED) is 0.749. The van der Waals surface area contributed by atoms with Crippen LogP contribution in [0.25, 0.3) is 0 Å². The van der Waals surface area contributed by atoms with Crippen LogP contribution in [0.4, 0.5) is 0 Å². The third-order valence-electron chi connectivity index (χ3n) is 3.52. The van der Waals surface area contributed by atoms with Gasteiger partial charge in [0, 0.05) is 19.5 Å². The Balaban J connectivity index is 1.92. The number of aliphatic hydroxyl groups is 1. The van der Waals surface area contributed by atoms with Crippen LogP contribution in [-0.2, 0) is 0 Å². The topological polar surface area (TPSA) is 23.5 Å². The average molecular weight is 207 g/mol. The fourth-order valence-electron chi connectivity index (χ4n) is 2.39. The standard InChI is InChI=1S/C13H21NO/c1-14-9-7-13(15,8-10-14)11-12-5-3-2-4-6-12/h3,5-6,15H,2,4,7-11H2,1H3. The number of hydrogen-bond acceptors (Lipinski definition) is 2. The van der Waals surface area contributed by atoms with E-state index < -0.39 is 5.60 Å². The van der Waals surface area contributed by atoms with Crippen molar-refractivity contribution in [2.45, 2.75) is 37.7 Å². The van der Waals surface area contributed by atoms with Gasteiger partial charge in [0.15, 0.2) is 0 Å². The zero-order valence-corrected chi connectivity index (χ0v) is 9.58. The largest absolute Gasteiger partial charge is 0.389 e. The first-order valence-corrected chi connectivity index (χ1v) is 5.94. The van der Waals surface area contributed by atoms with Gasteiger partial charge in [0.25, 0.3) is 0 Å². The van der Waals surface area contributed by atoms with Gasteiger partial charge >= 0.3 is 0 Å². The molecule has 0 amide bonds. The SMILES string of the molecule is CN1CCC(O)(CC2=CCCC=C2)CC1. The molecule has 0 radical (unpaired) electrons. The smallest absolute Gasteiger partial charge is 0.0712 e. The molecule has 15 heavy (non-hydrogen) atoms. The highest BCUT2D eigenvalue weighted by molar-refractivity contribution is 5.24. The maximum absolute atomic E-state index is 10.4. The fourth-order valence-corrected chi connectivity index (χ4v) is 2.39. The number of rotatable bonds is 2. The molecule has 2 heteroatoms. The summed E-state index contributed by atoms with van der Waals surface area (Å²) >= 11 is 0. The van der Waals surface area contributed by atoms with Crippen molar-refractivity contribution in [1.82, 2.24) is 4.90 Å². The Hall–Kier alpha value is -0.600. The van der Waals surface area contributed by atoms with Crippen molar-refractivity contribution in [3.05, 3.63) is 23.8 Å². The van der Waals surface area contributed by atoms with Crippen molar-refractivity contribution in [2.24, 2.45) is 0 Å². The van der Waals surface area contributed by atoms with Gasteiger partial charge in [0.05, 0.1) is 5.60 Å². The Morgan fingerprint density at radius 2 is 2.07 bits per heavy atom. The number of hydrogen-bond donors (Lipinski definition) is 1. The molecular formula is C13H21NO. The van der Waals surface area contributed by atoms with E-state index in [1.54, 1.807) is 0 Å². The van der Waals surface area contributed by atoms with Crippen LogP contribution in [-0.4, -0.2) is 35.7 Å². The molecule has 1 N–H and O–H groups in total. The predicted molar refractivity (Wildman–Crippen MR) is 62.8 cm³/mol. The zero-order valence-electron chi connectivity index (χ0n) is 9.58. The summed E-state index contributed by atoms with van der Waals surface area (Å²) in [6.45, 7) is 2.04. The molecule has 2 aliphatic rings. The van der Waals surface area contributed by atoms with E-state index in [2.05, 4.69) is 30.2 Å². The first-order valence-electron chi connectivity index (χ1n) is 5.94. The third kappa shape index (κ3) is 2.93. The zero-order chi connectivity index (χ0) is 10.7. The molecule has 1 fully saturated rings. The molecule has 0 bridgehead atoms. The summed E-state index contributed by atoms with van der Waals surface area (Å²) in [5.74, 6) is 0. The second-order valence-corrected chi connectivity index (χ2v) is 4.96. The number of likely N-dealkylation sites (tertiary alicyclic amines) is 1. The van der Waals surface area contributed by atoms with Crippen molar-refractivity contribution >= 4 is 0 Å². The van der Waals surface area contributed by atoms with Gasteiger partial charge in [-0.3, -0.25) is 0 Å². The average Bonchev–Trinajstić information content (AvgIpc) is 2.24. The summed E-state index contributed by atoms with van der Waals surface area (Å²) in [5, 5.41) is 10.4. The molecule has 1 heterocycles. The van der Waals surface area contributed by atoms with Crippen LogP contribution in [0.5, 0.6) is 0 Å². The summed E-state index contributed by atoms with van der Waals surface area (Å²) in [7, 11) is 2.12. The summed E-state index contributed by atoms with van der Waals surface area (Å²) in [6.07, 6.45) is 11.6. The summed E-state index contributed by atoms with van der Waals surface area (Å²) in [5.41, 5.74) is 0.883. The van der Waals surface area contributed by atoms with Crippen molar-refractivity contribution in [2.75, 3.05) is 20.1 Å². The van der Waals surface area contributed by atoms with E-state index in [-0.39, 0.29) is 0 Å². The molecule has 2 rings (SSSR count). The monoisotopic (exact) mass is 207 g/mol. The Bertz CT molecular complexity index is 272. The van der Waals surface area contributed by atoms with Gasteiger partial charge in [-0.15, -0.1) is 0 Å². The molecule has 1 saturated heterocycles. The van der Waals surface area contributed by atoms with Crippen molar-refractivity contribution in [3.8, 4) is 0 Å². The van der Waals surface area contributed by atoms with E-state index in [0.717, 1.165) is 45.2 Å². The normalized spacial score (nSPS) is 26.4. The Morgan fingerprint density at radius 3 is 2.67 bits per heavy atom. The first kappa shape index (κ1) is 10.9. The molecule has 0 aromatic heterocycles. The Kier molecular flexibility index (Phi) is 3.27. The molecular weight excluding hydrogens is 186 g/mol. The molecule has 2 nitrogen and oxygen atoms in total. The van der Waals surface area contributed by atoms with Gasteiger partial charge in [-0.05, 0) is 38.3 Å². The van der Waals surface area contributed by atoms with Gasteiger partial charge in [-0.2, -0.15) is 0 Å². The lowest BCUT2D eigenvalue weighted by molar-refractivity contribution is -0.0144. The van der Waals surface area contributed by atoms with Crippen LogP contribution in [0.2, 0.25) is 0 Å². The first-order chi connectivity index (χ1) is 7.18. The van der Waals surface area contributed by atoms with E-state index in [4.69, 9.17) is 0 Å². The summed E-state index contributed by atoms with van der Waals surface area (Å²) in [4.78, 5) is 2.29. The highest BCUT2D eigenvalue weighted by atomic mass is 16.3. The molecule has 1 aliphatic carbocycles. The van der Waals surface area contributed by atoms with Crippen LogP contribution in [0.3, 0.4) is 0 Å². The van der Waals surface area contributed by atoms with Crippen molar-refractivity contribution in [1.29, 1.82) is 0 Å². The van der Waals surface area contributed by atoms with Crippen molar-refractivity contribution < 1.29 is 5.11 Å². The maximum Gasteiger partial charge on any atom is 0.0712 e. The number of nitrogens with zero attached hydrogens (tertiary/aromatic N) is 1. The van der Waals surface area contributed by atoms with E-state index in [0.29, 0.717) is 0 Å². The lowest BCUT2D eigenvalue weighted by Crippen LogP contribution is -2.42. The Morgan fingerprint density at radius 1 is 1.33 bits per heavy atom. The van der Waals surface area contributed by atoms with Crippen LogP contribution in [0.1, 0.15) is 32.1 Å². The minimum Gasteiger partial charge on any atom is -0.389 e. The molecule has 0 spiro atoms. The molecule has 0 aromatic carbocycles. The van der Waals surface area contributed by atoms with E-state index in [1.807, 2.05) is 0 Å². The number of piperidine rings is 1. The van der Waals surface area contributed by atoms with Crippen LogP contribution in [0, 0.1) is 0 Å². The second-order valence-electron chi connectivity index (χ2n) is 4.96. The predicted octanol–water partition coefficient (Wildman–Crippen LogP) is 2.11. The highest BCUT2D eigenvalue weighted by Gasteiger charge is 2.31. The van der Waals surface area contributed by atoms with Crippen molar-refractivity contribution in [3.63, 3.8) is 0 Å². The minimum atomic E-state index is -0.444. The minimum absolute atomic E-state index is 0.444. The molecule has 0 atom stereocenters.